The summed E-state index contributed by atoms with van der Waals surface area (Å²) in [6.45, 7) is 1.63. The molecule has 7 heteroatoms. The Kier molecular flexibility index (Phi) is 4.08. The number of fused-ring (bicyclic) bond motifs is 1. The molecule has 0 amide bonds. The summed E-state index contributed by atoms with van der Waals surface area (Å²) in [6, 6.07) is 4.07. The van der Waals surface area contributed by atoms with E-state index in [9.17, 15) is 13.6 Å². The molecule has 1 heterocycles. The van der Waals surface area contributed by atoms with Crippen LogP contribution in [0.1, 0.15) is 24.8 Å². The van der Waals surface area contributed by atoms with E-state index in [2.05, 4.69) is 9.47 Å². The lowest BCUT2D eigenvalue weighted by Gasteiger charge is -2.15. The van der Waals surface area contributed by atoms with Crippen molar-refractivity contribution in [2.75, 3.05) is 13.2 Å². The lowest BCUT2D eigenvalue weighted by molar-refractivity contribution is -0.286. The number of carbonyl (C=O) groups excluding carboxylic acids is 1. The highest BCUT2D eigenvalue weighted by Crippen LogP contribution is 2.42. The van der Waals surface area contributed by atoms with Crippen molar-refractivity contribution in [2.45, 2.75) is 25.6 Å². The molecule has 110 valence electrons. The monoisotopic (exact) mass is 288 g/mol. The molecule has 1 N–H and O–H groups in total. The Hall–Kier alpha value is -1.89. The maximum atomic E-state index is 12.9. The first-order chi connectivity index (χ1) is 9.46. The van der Waals surface area contributed by atoms with Crippen LogP contribution in [0.4, 0.5) is 8.78 Å². The highest BCUT2D eigenvalue weighted by atomic mass is 19.3. The highest BCUT2D eigenvalue weighted by molar-refractivity contribution is 5.78. The second kappa shape index (κ2) is 5.62. The Balaban J connectivity index is 2.25. The fourth-order valence-electron chi connectivity index (χ4n) is 1.97. The van der Waals surface area contributed by atoms with Crippen LogP contribution in [0.5, 0.6) is 11.5 Å². The summed E-state index contributed by atoms with van der Waals surface area (Å²) in [6.07, 6.45) is -3.56. The third-order valence-corrected chi connectivity index (χ3v) is 2.82. The van der Waals surface area contributed by atoms with Gasteiger partial charge in [-0.1, -0.05) is 6.07 Å². The number of aliphatic hydroxyl groups excluding tert-OH is 1. The number of esters is 1. The summed E-state index contributed by atoms with van der Waals surface area (Å²) in [5.41, 5.74) is 0.428. The van der Waals surface area contributed by atoms with E-state index in [1.54, 1.807) is 6.92 Å². The van der Waals surface area contributed by atoms with Gasteiger partial charge in [0.2, 0.25) is 0 Å². The second-order valence-corrected chi connectivity index (χ2v) is 4.19. The van der Waals surface area contributed by atoms with Crippen molar-refractivity contribution in [1.29, 1.82) is 0 Å². The standard InChI is InChI=1S/C13H14F2O5/c1-2-18-12(17)9(5-6-16)8-3-4-10-11(7-8)20-13(14,15)19-10/h3-4,7,9,16H,2,5-6H2,1H3. The first-order valence-electron chi connectivity index (χ1n) is 6.14. The minimum Gasteiger partial charge on any atom is -0.466 e. The van der Waals surface area contributed by atoms with Crippen LogP contribution in [0.25, 0.3) is 0 Å². The average Bonchev–Trinajstić information content (AvgIpc) is 2.68. The molecule has 0 aromatic heterocycles. The van der Waals surface area contributed by atoms with Crippen LogP contribution in [0, 0.1) is 0 Å². The lowest BCUT2D eigenvalue weighted by atomic mass is 9.96. The van der Waals surface area contributed by atoms with Crippen LogP contribution in [-0.4, -0.2) is 30.6 Å². The van der Waals surface area contributed by atoms with Crippen molar-refractivity contribution in [3.8, 4) is 11.5 Å². The molecular formula is C13H14F2O5. The maximum Gasteiger partial charge on any atom is 0.586 e. The predicted molar refractivity (Wildman–Crippen MR) is 63.7 cm³/mol. The van der Waals surface area contributed by atoms with Gasteiger partial charge in [0.15, 0.2) is 11.5 Å². The van der Waals surface area contributed by atoms with Gasteiger partial charge in [-0.3, -0.25) is 4.79 Å². The molecule has 0 saturated carbocycles. The van der Waals surface area contributed by atoms with Gasteiger partial charge < -0.3 is 19.3 Å². The van der Waals surface area contributed by atoms with Crippen molar-refractivity contribution in [1.82, 2.24) is 0 Å². The number of ether oxygens (including phenoxy) is 3. The number of aliphatic hydroxyl groups is 1. The number of hydrogen-bond donors (Lipinski definition) is 1. The van der Waals surface area contributed by atoms with E-state index >= 15 is 0 Å². The van der Waals surface area contributed by atoms with Crippen molar-refractivity contribution in [2.24, 2.45) is 0 Å². The Morgan fingerprint density at radius 1 is 1.40 bits per heavy atom. The summed E-state index contributed by atoms with van der Waals surface area (Å²) in [4.78, 5) is 11.8. The molecule has 0 radical (unpaired) electrons. The van der Waals surface area contributed by atoms with E-state index in [-0.39, 0.29) is 31.1 Å². The first kappa shape index (κ1) is 14.5. The van der Waals surface area contributed by atoms with E-state index in [1.165, 1.54) is 18.2 Å². The van der Waals surface area contributed by atoms with Gasteiger partial charge in [-0.2, -0.15) is 0 Å². The zero-order valence-electron chi connectivity index (χ0n) is 10.8. The molecule has 1 atom stereocenters. The van der Waals surface area contributed by atoms with E-state index < -0.39 is 18.2 Å². The van der Waals surface area contributed by atoms with Gasteiger partial charge in [-0.15, -0.1) is 8.78 Å². The first-order valence-corrected chi connectivity index (χ1v) is 6.14. The number of halogens is 2. The molecule has 1 aliphatic heterocycles. The predicted octanol–water partition coefficient (Wildman–Crippen LogP) is 2.04. The smallest absolute Gasteiger partial charge is 0.466 e. The van der Waals surface area contributed by atoms with Crippen molar-refractivity contribution in [3.05, 3.63) is 23.8 Å². The van der Waals surface area contributed by atoms with Gasteiger partial charge in [0.1, 0.15) is 0 Å². The van der Waals surface area contributed by atoms with E-state index in [0.717, 1.165) is 0 Å². The largest absolute Gasteiger partial charge is 0.586 e. The molecule has 1 unspecified atom stereocenters. The van der Waals surface area contributed by atoms with Gasteiger partial charge in [-0.05, 0) is 31.0 Å². The third kappa shape index (κ3) is 2.98. The molecule has 1 aromatic carbocycles. The van der Waals surface area contributed by atoms with Gasteiger partial charge >= 0.3 is 12.3 Å². The Labute approximate surface area is 114 Å². The van der Waals surface area contributed by atoms with Crippen molar-refractivity contribution in [3.63, 3.8) is 0 Å². The molecule has 2 rings (SSSR count). The quantitative estimate of drug-likeness (QED) is 0.840. The van der Waals surface area contributed by atoms with Crippen molar-refractivity contribution < 1.29 is 32.9 Å². The van der Waals surface area contributed by atoms with Crippen LogP contribution in [0.3, 0.4) is 0 Å². The molecular weight excluding hydrogens is 274 g/mol. The number of carbonyl (C=O) groups is 1. The highest BCUT2D eigenvalue weighted by Gasteiger charge is 2.43. The van der Waals surface area contributed by atoms with E-state index in [4.69, 9.17) is 9.84 Å². The normalized spacial score (nSPS) is 16.8. The zero-order valence-corrected chi connectivity index (χ0v) is 10.8. The third-order valence-electron chi connectivity index (χ3n) is 2.82. The zero-order chi connectivity index (χ0) is 14.8. The SMILES string of the molecule is CCOC(=O)C(CCO)c1ccc2c(c1)OC(F)(F)O2. The van der Waals surface area contributed by atoms with E-state index in [0.29, 0.717) is 5.56 Å². The Morgan fingerprint density at radius 3 is 2.75 bits per heavy atom. The Bertz CT molecular complexity index is 504. The van der Waals surface area contributed by atoms with Crippen molar-refractivity contribution >= 4 is 5.97 Å². The molecule has 0 spiro atoms. The van der Waals surface area contributed by atoms with Crippen LogP contribution >= 0.6 is 0 Å². The van der Waals surface area contributed by atoms with Gasteiger partial charge in [-0.25, -0.2) is 0 Å². The van der Waals surface area contributed by atoms with Gasteiger partial charge in [0, 0.05) is 6.61 Å². The minimum absolute atomic E-state index is 0.0923. The molecule has 1 aliphatic rings. The molecule has 1 aromatic rings. The summed E-state index contributed by atoms with van der Waals surface area (Å²) in [7, 11) is 0. The number of hydrogen-bond acceptors (Lipinski definition) is 5. The molecule has 0 saturated heterocycles. The summed E-state index contributed by atoms with van der Waals surface area (Å²) >= 11 is 0. The summed E-state index contributed by atoms with van der Waals surface area (Å²) < 4.78 is 39.4. The topological polar surface area (TPSA) is 65.0 Å². The lowest BCUT2D eigenvalue weighted by Crippen LogP contribution is -2.25. The maximum absolute atomic E-state index is 12.9. The minimum atomic E-state index is -3.70. The summed E-state index contributed by atoms with van der Waals surface area (Å²) in [5.74, 6) is -1.49. The van der Waals surface area contributed by atoms with Crippen LogP contribution < -0.4 is 9.47 Å². The van der Waals surface area contributed by atoms with Crippen LogP contribution in [-0.2, 0) is 9.53 Å². The molecule has 5 nitrogen and oxygen atoms in total. The number of rotatable bonds is 5. The average molecular weight is 288 g/mol. The fourth-order valence-corrected chi connectivity index (χ4v) is 1.97. The number of alkyl halides is 2. The summed E-state index contributed by atoms with van der Waals surface area (Å²) in [5, 5.41) is 9.01. The van der Waals surface area contributed by atoms with Crippen LogP contribution in [0.15, 0.2) is 18.2 Å². The molecule has 0 fully saturated rings. The molecule has 0 aliphatic carbocycles. The van der Waals surface area contributed by atoms with E-state index in [1.807, 2.05) is 0 Å². The number of benzene rings is 1. The van der Waals surface area contributed by atoms with Crippen LogP contribution in [0.2, 0.25) is 0 Å². The molecule has 20 heavy (non-hydrogen) atoms. The fraction of sp³-hybridized carbons (Fsp3) is 0.462. The van der Waals surface area contributed by atoms with Gasteiger partial charge in [0.25, 0.3) is 0 Å². The Morgan fingerprint density at radius 2 is 2.10 bits per heavy atom. The second-order valence-electron chi connectivity index (χ2n) is 4.19. The molecule has 0 bridgehead atoms. The van der Waals surface area contributed by atoms with Gasteiger partial charge in [0.05, 0.1) is 12.5 Å².